The Kier molecular flexibility index (Phi) is 6.50. The standard InChI is InChI=1S/C25H29N3O6S2/c1-5-25(13-12-15(2)3)18-9-7-6-8-17(18)22(29)21(23(25)30)24-26-19-11-10-16(27-35(4,31)32)14-20(19)36(33,34)28-24/h6-11,14-15,27,29H,5,12-13H2,1-4H3,(H,26,28). The molecule has 192 valence electrons. The Balaban J connectivity index is 1.86. The second kappa shape index (κ2) is 9.04. The topological polar surface area (TPSA) is 142 Å². The Morgan fingerprint density at radius 2 is 1.86 bits per heavy atom. The van der Waals surface area contributed by atoms with Crippen molar-refractivity contribution in [2.24, 2.45) is 10.3 Å². The van der Waals surface area contributed by atoms with E-state index < -0.39 is 25.5 Å². The molecule has 2 aliphatic rings. The van der Waals surface area contributed by atoms with Gasteiger partial charge in [0.25, 0.3) is 10.0 Å². The summed E-state index contributed by atoms with van der Waals surface area (Å²) in [7, 11) is -7.95. The number of benzene rings is 2. The van der Waals surface area contributed by atoms with E-state index in [1.165, 1.54) is 12.1 Å². The molecule has 2 aromatic carbocycles. The number of aliphatic hydroxyl groups is 1. The number of nitrogens with one attached hydrogen (secondary N) is 2. The number of hydrogen-bond donors (Lipinski definition) is 3. The first kappa shape index (κ1) is 25.9. The SMILES string of the molecule is CCC1(CCC(C)C)C(=O)C(C2=NS(=O)(=O)c3cc(NS(C)(=O)=O)ccc3N2)=C(O)c2ccccc21. The molecule has 0 saturated carbocycles. The number of Topliss-reactive ketones (excluding diaryl/α,β-unsaturated/α-hetero) is 1. The summed E-state index contributed by atoms with van der Waals surface area (Å²) in [5.74, 6) is -0.638. The first-order chi connectivity index (χ1) is 16.8. The van der Waals surface area contributed by atoms with Crippen LogP contribution in [0.2, 0.25) is 0 Å². The first-order valence-electron chi connectivity index (χ1n) is 11.6. The lowest BCUT2D eigenvalue weighted by molar-refractivity contribution is -0.121. The number of rotatable bonds is 7. The molecule has 36 heavy (non-hydrogen) atoms. The van der Waals surface area contributed by atoms with Gasteiger partial charge in [0.15, 0.2) is 11.6 Å². The lowest BCUT2D eigenvalue weighted by Crippen LogP contribution is -2.44. The molecule has 1 aliphatic heterocycles. The number of aliphatic hydroxyl groups excluding tert-OH is 1. The van der Waals surface area contributed by atoms with Crippen LogP contribution < -0.4 is 10.0 Å². The van der Waals surface area contributed by atoms with E-state index in [9.17, 15) is 26.7 Å². The Morgan fingerprint density at radius 3 is 2.50 bits per heavy atom. The van der Waals surface area contributed by atoms with Gasteiger partial charge in [-0.2, -0.15) is 8.42 Å². The molecule has 0 spiro atoms. The Bertz CT molecular complexity index is 1520. The maximum Gasteiger partial charge on any atom is 0.286 e. The molecule has 0 saturated heterocycles. The number of fused-ring (bicyclic) bond motifs is 2. The normalized spacial score (nSPS) is 20.9. The molecule has 11 heteroatoms. The number of anilines is 2. The number of hydrogen-bond acceptors (Lipinski definition) is 7. The van der Waals surface area contributed by atoms with Crippen LogP contribution in [-0.4, -0.2) is 39.8 Å². The molecule has 3 N–H and O–H groups in total. The zero-order valence-electron chi connectivity index (χ0n) is 20.5. The van der Waals surface area contributed by atoms with Crippen molar-refractivity contribution in [3.8, 4) is 0 Å². The lowest BCUT2D eigenvalue weighted by atomic mass is 9.64. The summed E-state index contributed by atoms with van der Waals surface area (Å²) in [5.41, 5.74) is 0.249. The van der Waals surface area contributed by atoms with Gasteiger partial charge in [-0.3, -0.25) is 9.52 Å². The van der Waals surface area contributed by atoms with Gasteiger partial charge in [0.2, 0.25) is 10.0 Å². The fraction of sp³-hybridized carbons (Fsp3) is 0.360. The van der Waals surface area contributed by atoms with Crippen molar-refractivity contribution in [1.82, 2.24) is 0 Å². The molecule has 1 heterocycles. The van der Waals surface area contributed by atoms with Crippen molar-refractivity contribution in [3.05, 3.63) is 59.2 Å². The summed E-state index contributed by atoms with van der Waals surface area (Å²) in [6.45, 7) is 6.05. The molecule has 2 aromatic rings. The molecule has 0 aromatic heterocycles. The first-order valence-corrected chi connectivity index (χ1v) is 14.9. The van der Waals surface area contributed by atoms with Crippen LogP contribution in [0.15, 0.2) is 57.3 Å². The number of sulfonamides is 2. The van der Waals surface area contributed by atoms with Crippen LogP contribution in [0.3, 0.4) is 0 Å². The van der Waals surface area contributed by atoms with Gasteiger partial charge >= 0.3 is 0 Å². The monoisotopic (exact) mass is 531 g/mol. The summed E-state index contributed by atoms with van der Waals surface area (Å²) >= 11 is 0. The Hall–Kier alpha value is -3.18. The maximum atomic E-state index is 14.1. The molecule has 9 nitrogen and oxygen atoms in total. The summed E-state index contributed by atoms with van der Waals surface area (Å²) in [6, 6.07) is 11.1. The predicted molar refractivity (Wildman–Crippen MR) is 140 cm³/mol. The molecule has 1 unspecified atom stereocenters. The largest absolute Gasteiger partial charge is 0.506 e. The average Bonchev–Trinajstić information content (AvgIpc) is 2.78. The highest BCUT2D eigenvalue weighted by Crippen LogP contribution is 2.46. The number of carbonyl (C=O) groups is 1. The van der Waals surface area contributed by atoms with Crippen LogP contribution in [0, 0.1) is 5.92 Å². The van der Waals surface area contributed by atoms with E-state index in [-0.39, 0.29) is 39.2 Å². The van der Waals surface area contributed by atoms with Crippen LogP contribution in [0.5, 0.6) is 0 Å². The third kappa shape index (κ3) is 4.53. The second-order valence-corrected chi connectivity index (χ2v) is 12.9. The van der Waals surface area contributed by atoms with E-state index in [1.807, 2.05) is 19.1 Å². The molecule has 1 atom stereocenters. The third-order valence-electron chi connectivity index (χ3n) is 6.61. The predicted octanol–water partition coefficient (Wildman–Crippen LogP) is 4.21. The fourth-order valence-electron chi connectivity index (χ4n) is 4.79. The average molecular weight is 532 g/mol. The maximum absolute atomic E-state index is 14.1. The van der Waals surface area contributed by atoms with Crippen LogP contribution in [0.4, 0.5) is 11.4 Å². The van der Waals surface area contributed by atoms with Gasteiger partial charge < -0.3 is 10.4 Å². The fourth-order valence-corrected chi connectivity index (χ4v) is 6.49. The summed E-state index contributed by atoms with van der Waals surface area (Å²) < 4.78 is 55.5. The molecular weight excluding hydrogens is 502 g/mol. The van der Waals surface area contributed by atoms with Gasteiger partial charge in [-0.25, -0.2) is 8.42 Å². The molecule has 4 rings (SSSR count). The molecule has 0 fully saturated rings. The van der Waals surface area contributed by atoms with Crippen molar-refractivity contribution in [1.29, 1.82) is 0 Å². The minimum atomic E-state index is -4.32. The third-order valence-corrected chi connectivity index (χ3v) is 8.54. The van der Waals surface area contributed by atoms with Gasteiger partial charge in [0, 0.05) is 11.3 Å². The van der Waals surface area contributed by atoms with E-state index >= 15 is 0 Å². The Morgan fingerprint density at radius 1 is 1.17 bits per heavy atom. The zero-order valence-corrected chi connectivity index (χ0v) is 22.1. The van der Waals surface area contributed by atoms with E-state index in [2.05, 4.69) is 28.3 Å². The highest BCUT2D eigenvalue weighted by Gasteiger charge is 2.48. The second-order valence-electron chi connectivity index (χ2n) is 9.59. The van der Waals surface area contributed by atoms with Gasteiger partial charge in [-0.15, -0.1) is 4.40 Å². The molecule has 1 aliphatic carbocycles. The number of amidine groups is 1. The number of nitrogens with zero attached hydrogens (tertiary/aromatic N) is 1. The highest BCUT2D eigenvalue weighted by molar-refractivity contribution is 7.92. The molecule has 0 bridgehead atoms. The number of ketones is 1. The van der Waals surface area contributed by atoms with Gasteiger partial charge in [-0.1, -0.05) is 45.0 Å². The van der Waals surface area contributed by atoms with Crippen LogP contribution in [0.25, 0.3) is 5.76 Å². The van der Waals surface area contributed by atoms with E-state index in [1.54, 1.807) is 12.1 Å². The Labute approximate surface area is 211 Å². The minimum absolute atomic E-state index is 0.0590. The van der Waals surface area contributed by atoms with E-state index in [4.69, 9.17) is 0 Å². The van der Waals surface area contributed by atoms with Crippen LogP contribution in [-0.2, 0) is 30.3 Å². The van der Waals surface area contributed by atoms with Gasteiger partial charge in [0.1, 0.15) is 16.2 Å². The van der Waals surface area contributed by atoms with Crippen LogP contribution in [0.1, 0.15) is 51.2 Å². The van der Waals surface area contributed by atoms with E-state index in [0.717, 1.165) is 24.3 Å². The van der Waals surface area contributed by atoms with Crippen molar-refractivity contribution >= 4 is 48.8 Å². The minimum Gasteiger partial charge on any atom is -0.506 e. The highest BCUT2D eigenvalue weighted by atomic mass is 32.2. The lowest BCUT2D eigenvalue weighted by Gasteiger charge is -2.39. The van der Waals surface area contributed by atoms with Crippen molar-refractivity contribution in [2.75, 3.05) is 16.3 Å². The molecule has 0 radical (unpaired) electrons. The summed E-state index contributed by atoms with van der Waals surface area (Å²) in [4.78, 5) is 13.8. The smallest absolute Gasteiger partial charge is 0.286 e. The summed E-state index contributed by atoms with van der Waals surface area (Å²) in [5, 5.41) is 14.1. The molecular formula is C25H29N3O6S2. The summed E-state index contributed by atoms with van der Waals surface area (Å²) in [6.07, 6.45) is 2.71. The quantitative estimate of drug-likeness (QED) is 0.486. The van der Waals surface area contributed by atoms with Crippen LogP contribution >= 0.6 is 0 Å². The van der Waals surface area contributed by atoms with Crippen molar-refractivity contribution in [3.63, 3.8) is 0 Å². The van der Waals surface area contributed by atoms with Gasteiger partial charge in [0.05, 0.1) is 17.4 Å². The van der Waals surface area contributed by atoms with Crippen molar-refractivity contribution in [2.45, 2.75) is 50.3 Å². The molecule has 0 amide bonds. The van der Waals surface area contributed by atoms with Gasteiger partial charge in [-0.05, 0) is 48.9 Å². The number of carbonyl (C=O) groups excluding carboxylic acids is 1. The zero-order chi connectivity index (χ0) is 26.5. The van der Waals surface area contributed by atoms with E-state index in [0.29, 0.717) is 24.3 Å². The van der Waals surface area contributed by atoms with Crippen molar-refractivity contribution < 1.29 is 26.7 Å².